The van der Waals surface area contributed by atoms with Gasteiger partial charge in [-0.05, 0) is 66.9 Å². The van der Waals surface area contributed by atoms with Gasteiger partial charge >= 0.3 is 0 Å². The predicted octanol–water partition coefficient (Wildman–Crippen LogP) is 4.69. The van der Waals surface area contributed by atoms with E-state index in [1.165, 1.54) is 17.7 Å². The minimum atomic E-state index is 0.209. The Bertz CT molecular complexity index is 1590. The first kappa shape index (κ1) is 21.1. The molecule has 5 aromatic rings. The summed E-state index contributed by atoms with van der Waals surface area (Å²) in [6.45, 7) is 4.31. The standard InChI is InChI=1S/C29H26N6O/c1-18-13-22(34-17-21-15-23(34)16-32-21)5-6-25(18)26-9-12-31-29-27(20-3-2-4-24(36)14-20)28(33-35(26)29)19-7-10-30-11-8-19/h2-14,21,23,32,36H,15-17H2,1H3/t21-,23-/m1/s1. The molecule has 7 heteroatoms. The van der Waals surface area contributed by atoms with Crippen LogP contribution in [-0.4, -0.2) is 49.9 Å². The summed E-state index contributed by atoms with van der Waals surface area (Å²) in [6, 6.07) is 21.1. The zero-order chi connectivity index (χ0) is 24.2. The summed E-state index contributed by atoms with van der Waals surface area (Å²) < 4.78 is 1.93. The first-order valence-corrected chi connectivity index (χ1v) is 12.3. The summed E-state index contributed by atoms with van der Waals surface area (Å²) >= 11 is 0. The summed E-state index contributed by atoms with van der Waals surface area (Å²) in [5.74, 6) is 0.209. The van der Waals surface area contributed by atoms with Crippen LogP contribution in [-0.2, 0) is 0 Å². The zero-order valence-electron chi connectivity index (χ0n) is 20.0. The van der Waals surface area contributed by atoms with E-state index in [-0.39, 0.29) is 5.75 Å². The number of aryl methyl sites for hydroxylation is 1. The smallest absolute Gasteiger partial charge is 0.164 e. The molecule has 0 spiro atoms. The highest BCUT2D eigenvalue weighted by Crippen LogP contribution is 2.38. The number of phenols is 1. The number of rotatable bonds is 4. The number of aromatic hydroxyl groups is 1. The van der Waals surface area contributed by atoms with Gasteiger partial charge in [0, 0.05) is 60.6 Å². The van der Waals surface area contributed by atoms with Gasteiger partial charge in [-0.3, -0.25) is 4.98 Å². The van der Waals surface area contributed by atoms with Gasteiger partial charge in [0.1, 0.15) is 11.4 Å². The lowest BCUT2D eigenvalue weighted by molar-refractivity contribution is 0.475. The molecule has 5 heterocycles. The van der Waals surface area contributed by atoms with Crippen LogP contribution in [0.5, 0.6) is 5.75 Å². The fraction of sp³-hybridized carbons (Fsp3) is 0.207. The second-order valence-electron chi connectivity index (χ2n) is 9.72. The Hall–Kier alpha value is -4.23. The molecule has 0 unspecified atom stereocenters. The molecule has 2 aliphatic rings. The van der Waals surface area contributed by atoms with Crippen molar-refractivity contribution < 1.29 is 5.11 Å². The van der Waals surface area contributed by atoms with Crippen molar-refractivity contribution in [3.63, 3.8) is 0 Å². The molecule has 2 N–H and O–H groups in total. The number of nitrogens with zero attached hydrogens (tertiary/aromatic N) is 5. The maximum atomic E-state index is 10.2. The van der Waals surface area contributed by atoms with E-state index in [1.807, 2.05) is 41.0 Å². The van der Waals surface area contributed by atoms with Gasteiger partial charge in [-0.25, -0.2) is 9.50 Å². The topological polar surface area (TPSA) is 78.6 Å². The van der Waals surface area contributed by atoms with Crippen molar-refractivity contribution >= 4 is 11.3 Å². The molecule has 0 aliphatic carbocycles. The van der Waals surface area contributed by atoms with Gasteiger partial charge in [-0.2, -0.15) is 5.10 Å². The molecule has 2 bridgehead atoms. The molecule has 2 atom stereocenters. The number of nitrogens with one attached hydrogen (secondary N) is 1. The molecule has 0 amide bonds. The molecule has 36 heavy (non-hydrogen) atoms. The van der Waals surface area contributed by atoms with Crippen molar-refractivity contribution in [2.24, 2.45) is 0 Å². The van der Waals surface area contributed by atoms with E-state index in [4.69, 9.17) is 10.1 Å². The average molecular weight is 475 g/mol. The quantitative estimate of drug-likeness (QED) is 0.394. The summed E-state index contributed by atoms with van der Waals surface area (Å²) in [5.41, 5.74) is 8.85. The highest BCUT2D eigenvalue weighted by atomic mass is 16.3. The lowest BCUT2D eigenvalue weighted by Gasteiger charge is -2.30. The maximum Gasteiger partial charge on any atom is 0.164 e. The first-order chi connectivity index (χ1) is 17.7. The number of hydrogen-bond donors (Lipinski definition) is 2. The van der Waals surface area contributed by atoms with Crippen LogP contribution < -0.4 is 10.2 Å². The molecule has 7 nitrogen and oxygen atoms in total. The lowest BCUT2D eigenvalue weighted by Crippen LogP contribution is -2.43. The van der Waals surface area contributed by atoms with E-state index in [2.05, 4.69) is 40.3 Å². The van der Waals surface area contributed by atoms with E-state index in [0.717, 1.165) is 52.4 Å². The minimum Gasteiger partial charge on any atom is -0.508 e. The Morgan fingerprint density at radius 3 is 2.61 bits per heavy atom. The van der Waals surface area contributed by atoms with Crippen LogP contribution in [0.4, 0.5) is 5.69 Å². The summed E-state index contributed by atoms with van der Waals surface area (Å²) in [6.07, 6.45) is 6.61. The second-order valence-corrected chi connectivity index (χ2v) is 9.72. The van der Waals surface area contributed by atoms with Crippen LogP contribution in [0.15, 0.2) is 79.3 Å². The Labute approximate surface area is 209 Å². The lowest BCUT2D eigenvalue weighted by atomic mass is 10.0. The van der Waals surface area contributed by atoms with Crippen LogP contribution in [0.3, 0.4) is 0 Å². The van der Waals surface area contributed by atoms with Gasteiger partial charge in [0.2, 0.25) is 0 Å². The summed E-state index contributed by atoms with van der Waals surface area (Å²) in [7, 11) is 0. The number of piperazine rings is 1. The Morgan fingerprint density at radius 2 is 1.86 bits per heavy atom. The molecule has 0 saturated carbocycles. The molecule has 2 aliphatic heterocycles. The Kier molecular flexibility index (Phi) is 4.79. The number of benzene rings is 2. The van der Waals surface area contributed by atoms with Crippen LogP contribution in [0.25, 0.3) is 39.3 Å². The number of anilines is 1. The van der Waals surface area contributed by atoms with Gasteiger partial charge in [-0.1, -0.05) is 18.2 Å². The molecule has 178 valence electrons. The van der Waals surface area contributed by atoms with Crippen molar-refractivity contribution in [3.05, 3.63) is 84.8 Å². The van der Waals surface area contributed by atoms with E-state index in [1.54, 1.807) is 24.5 Å². The molecule has 2 fully saturated rings. The van der Waals surface area contributed by atoms with Gasteiger partial charge in [0.25, 0.3) is 0 Å². The number of hydrogen-bond acceptors (Lipinski definition) is 6. The fourth-order valence-corrected chi connectivity index (χ4v) is 5.78. The number of fused-ring (bicyclic) bond motifs is 3. The third kappa shape index (κ3) is 3.35. The predicted molar refractivity (Wildman–Crippen MR) is 141 cm³/mol. The van der Waals surface area contributed by atoms with Crippen molar-refractivity contribution in [2.75, 3.05) is 18.0 Å². The van der Waals surface area contributed by atoms with Crippen LogP contribution in [0, 0.1) is 6.92 Å². The summed E-state index contributed by atoms with van der Waals surface area (Å²) in [5, 5.41) is 18.9. The summed E-state index contributed by atoms with van der Waals surface area (Å²) in [4.78, 5) is 11.5. The SMILES string of the molecule is Cc1cc(N2C[C@H]3C[C@@H]2CN3)ccc1-c1ccnc2c(-c3cccc(O)c3)c(-c3ccncc3)nn12. The van der Waals surface area contributed by atoms with E-state index in [9.17, 15) is 5.11 Å². The van der Waals surface area contributed by atoms with E-state index < -0.39 is 0 Å². The van der Waals surface area contributed by atoms with Crippen LogP contribution >= 0.6 is 0 Å². The third-order valence-electron chi connectivity index (χ3n) is 7.48. The van der Waals surface area contributed by atoms with E-state index >= 15 is 0 Å². The first-order valence-electron chi connectivity index (χ1n) is 12.3. The largest absolute Gasteiger partial charge is 0.508 e. The fourth-order valence-electron chi connectivity index (χ4n) is 5.78. The van der Waals surface area contributed by atoms with Crippen molar-refractivity contribution in [3.8, 4) is 39.4 Å². The van der Waals surface area contributed by atoms with Gasteiger partial charge in [0.05, 0.1) is 11.3 Å². The van der Waals surface area contributed by atoms with Crippen molar-refractivity contribution in [2.45, 2.75) is 25.4 Å². The highest BCUT2D eigenvalue weighted by molar-refractivity contribution is 5.91. The molecule has 2 aromatic carbocycles. The van der Waals surface area contributed by atoms with Crippen LogP contribution in [0.2, 0.25) is 0 Å². The monoisotopic (exact) mass is 474 g/mol. The minimum absolute atomic E-state index is 0.209. The molecular weight excluding hydrogens is 448 g/mol. The third-order valence-corrected chi connectivity index (χ3v) is 7.48. The zero-order valence-corrected chi connectivity index (χ0v) is 20.0. The molecule has 3 aromatic heterocycles. The second kappa shape index (κ2) is 8.17. The molecule has 7 rings (SSSR count). The van der Waals surface area contributed by atoms with Crippen molar-refractivity contribution in [1.82, 2.24) is 24.9 Å². The number of aromatic nitrogens is 4. The maximum absolute atomic E-state index is 10.2. The number of pyridine rings is 1. The average Bonchev–Trinajstić information content (AvgIpc) is 3.63. The van der Waals surface area contributed by atoms with Gasteiger partial charge in [0.15, 0.2) is 5.65 Å². The Balaban J connectivity index is 1.39. The van der Waals surface area contributed by atoms with E-state index in [0.29, 0.717) is 12.1 Å². The molecular formula is C29H26N6O. The normalized spacial score (nSPS) is 18.9. The van der Waals surface area contributed by atoms with Gasteiger partial charge in [-0.15, -0.1) is 0 Å². The Morgan fingerprint density at radius 1 is 0.972 bits per heavy atom. The molecule has 0 radical (unpaired) electrons. The van der Waals surface area contributed by atoms with Crippen LogP contribution in [0.1, 0.15) is 12.0 Å². The van der Waals surface area contributed by atoms with Crippen molar-refractivity contribution in [1.29, 1.82) is 0 Å². The highest BCUT2D eigenvalue weighted by Gasteiger charge is 2.37. The number of phenolic OH excluding ortho intramolecular Hbond substituents is 1. The van der Waals surface area contributed by atoms with Gasteiger partial charge < -0.3 is 15.3 Å². The molecule has 2 saturated heterocycles.